The molecule has 5 nitrogen and oxygen atoms in total. The van der Waals surface area contributed by atoms with Crippen LogP contribution in [-0.4, -0.2) is 25.8 Å². The molecule has 0 aliphatic rings. The Bertz CT molecular complexity index is 1860. The Morgan fingerprint density at radius 2 is 1.55 bits per heavy atom. The summed E-state index contributed by atoms with van der Waals surface area (Å²) >= 11 is 1.72. The third kappa shape index (κ3) is 10.2. The molecular formula is C42H52IrN3O2S-. The molecule has 2 aromatic carbocycles. The minimum Gasteiger partial charge on any atom is -0.512 e. The van der Waals surface area contributed by atoms with Crippen LogP contribution in [-0.2, 0) is 36.7 Å². The van der Waals surface area contributed by atoms with Crippen LogP contribution in [0.15, 0.2) is 72.2 Å². The van der Waals surface area contributed by atoms with E-state index in [1.807, 2.05) is 33.9 Å². The van der Waals surface area contributed by atoms with Gasteiger partial charge >= 0.3 is 0 Å². The predicted molar refractivity (Wildman–Crippen MR) is 204 cm³/mol. The summed E-state index contributed by atoms with van der Waals surface area (Å²) in [5.41, 5.74) is 6.45. The normalized spacial score (nSPS) is 12.0. The zero-order chi connectivity index (χ0) is 35.0. The number of thiophene rings is 1. The van der Waals surface area contributed by atoms with Crippen molar-refractivity contribution in [2.45, 2.75) is 99.8 Å². The Balaban J connectivity index is 0.000000347. The molecule has 0 aliphatic carbocycles. The molecule has 0 saturated heterocycles. The van der Waals surface area contributed by atoms with Crippen molar-refractivity contribution in [2.24, 2.45) is 17.8 Å². The molecule has 49 heavy (non-hydrogen) atoms. The van der Waals surface area contributed by atoms with E-state index in [0.717, 1.165) is 64.8 Å². The molecule has 1 N–H and O–H groups in total. The van der Waals surface area contributed by atoms with Gasteiger partial charge < -0.3 is 5.11 Å². The van der Waals surface area contributed by atoms with Crippen LogP contribution < -0.4 is 0 Å². The molecule has 3 heterocycles. The first-order chi connectivity index (χ1) is 22.9. The molecule has 7 heteroatoms. The monoisotopic (exact) mass is 855 g/mol. The maximum absolute atomic E-state index is 11.7. The number of rotatable bonds is 11. The van der Waals surface area contributed by atoms with E-state index in [0.29, 0.717) is 5.92 Å². The van der Waals surface area contributed by atoms with Gasteiger partial charge in [-0.2, -0.15) is 0 Å². The number of fused-ring (bicyclic) bond motifs is 2. The number of allylic oxidation sites excluding steroid dienone is 2. The van der Waals surface area contributed by atoms with Crippen molar-refractivity contribution in [1.29, 1.82) is 0 Å². The van der Waals surface area contributed by atoms with E-state index in [-0.39, 0.29) is 48.9 Å². The van der Waals surface area contributed by atoms with E-state index in [9.17, 15) is 9.90 Å². The molecule has 3 aromatic heterocycles. The first kappa shape index (κ1) is 40.2. The standard InChI is InChI=1S/C29H28N3S.C13H24O2.Ir/c1-18(2)10-22-16-33-28-24(22)12-21(15-30-28)27-14-26(31-17-32-27)20-11-19-8-6-7-9-23(19)25(13-20)29(3,4)5;1-5-10(6-2)12(14)9-13(15)11(7-3)8-4;/h6-9,12-18H,10H2,1-5H3;9-11,14H,5-8H2,1-4H3;/q-1;;/b;12-9-;. The van der Waals surface area contributed by atoms with Gasteiger partial charge in [-0.15, -0.1) is 40.5 Å². The average molecular weight is 855 g/mol. The molecule has 0 fully saturated rings. The van der Waals surface area contributed by atoms with Gasteiger partial charge in [0, 0.05) is 60.9 Å². The molecule has 0 unspecified atom stereocenters. The van der Waals surface area contributed by atoms with E-state index >= 15 is 0 Å². The number of hydrogen-bond donors (Lipinski definition) is 1. The molecule has 0 saturated carbocycles. The van der Waals surface area contributed by atoms with Crippen molar-refractivity contribution in [1.82, 2.24) is 15.0 Å². The summed E-state index contributed by atoms with van der Waals surface area (Å²) < 4.78 is 0. The summed E-state index contributed by atoms with van der Waals surface area (Å²) in [4.78, 5) is 26.7. The van der Waals surface area contributed by atoms with Crippen LogP contribution in [0, 0.1) is 23.8 Å². The molecule has 0 amide bonds. The summed E-state index contributed by atoms with van der Waals surface area (Å²) in [6, 6.07) is 18.6. The van der Waals surface area contributed by atoms with Gasteiger partial charge in [0.15, 0.2) is 5.78 Å². The molecule has 1 radical (unpaired) electrons. The molecule has 0 bridgehead atoms. The molecule has 0 spiro atoms. The summed E-state index contributed by atoms with van der Waals surface area (Å²) in [6.45, 7) is 19.3. The molecule has 263 valence electrons. The van der Waals surface area contributed by atoms with Crippen molar-refractivity contribution in [3.63, 3.8) is 0 Å². The van der Waals surface area contributed by atoms with Crippen molar-refractivity contribution in [3.8, 4) is 22.5 Å². The van der Waals surface area contributed by atoms with Crippen LogP contribution in [0.4, 0.5) is 0 Å². The van der Waals surface area contributed by atoms with E-state index in [1.54, 1.807) is 17.7 Å². The third-order valence-electron chi connectivity index (χ3n) is 9.04. The Morgan fingerprint density at radius 1 is 0.898 bits per heavy atom. The number of nitrogens with zero attached hydrogens (tertiary/aromatic N) is 3. The van der Waals surface area contributed by atoms with Crippen LogP contribution in [0.25, 0.3) is 43.5 Å². The van der Waals surface area contributed by atoms with Crippen LogP contribution >= 0.6 is 11.3 Å². The summed E-state index contributed by atoms with van der Waals surface area (Å²) in [5, 5.41) is 15.6. The predicted octanol–water partition coefficient (Wildman–Crippen LogP) is 11.7. The fourth-order valence-corrected chi connectivity index (χ4v) is 7.04. The zero-order valence-electron chi connectivity index (χ0n) is 30.6. The van der Waals surface area contributed by atoms with Gasteiger partial charge in [-0.3, -0.25) is 9.78 Å². The van der Waals surface area contributed by atoms with Crippen molar-refractivity contribution >= 4 is 38.1 Å². The Kier molecular flexibility index (Phi) is 14.9. The number of benzene rings is 2. The van der Waals surface area contributed by atoms with Crippen molar-refractivity contribution < 1.29 is 30.0 Å². The second-order valence-electron chi connectivity index (χ2n) is 14.1. The molecule has 0 aliphatic heterocycles. The topological polar surface area (TPSA) is 76.0 Å². The maximum atomic E-state index is 11.7. The number of aromatic nitrogens is 3. The van der Waals surface area contributed by atoms with Gasteiger partial charge in [-0.25, -0.2) is 9.97 Å². The molecule has 5 rings (SSSR count). The quantitative estimate of drug-likeness (QED) is 0.0814. The number of aliphatic hydroxyl groups excluding tert-OH is 1. The summed E-state index contributed by atoms with van der Waals surface area (Å²) in [7, 11) is 0. The Morgan fingerprint density at radius 3 is 2.18 bits per heavy atom. The molecular weight excluding hydrogens is 803 g/mol. The summed E-state index contributed by atoms with van der Waals surface area (Å²) in [5.74, 6) is 1.16. The smallest absolute Gasteiger partial charge is 0.162 e. The minimum absolute atomic E-state index is 0. The minimum atomic E-state index is 0. The average Bonchev–Trinajstić information content (AvgIpc) is 3.46. The number of carbonyl (C=O) groups is 1. The van der Waals surface area contributed by atoms with E-state index in [4.69, 9.17) is 4.98 Å². The SMILES string of the molecule is CC(C)Cc1csc2ncc(-c3cc(-c4[c-]c5ccccc5c(C(C)(C)C)c4)ncn3)cc12.CCC(CC)C(=O)/C=C(\O)C(CC)CC.[Ir]. The Labute approximate surface area is 311 Å². The number of hydrogen-bond acceptors (Lipinski definition) is 6. The van der Waals surface area contributed by atoms with E-state index in [2.05, 4.69) is 98.5 Å². The Hall–Kier alpha value is -3.25. The number of ketones is 1. The van der Waals surface area contributed by atoms with Gasteiger partial charge in [0.05, 0.1) is 11.5 Å². The van der Waals surface area contributed by atoms with Gasteiger partial charge in [-0.05, 0) is 66.5 Å². The van der Waals surface area contributed by atoms with Gasteiger partial charge in [-0.1, -0.05) is 91.5 Å². The number of carbonyl (C=O) groups excluding carboxylic acids is 1. The first-order valence-corrected chi connectivity index (χ1v) is 18.4. The van der Waals surface area contributed by atoms with E-state index in [1.165, 1.54) is 28.0 Å². The second kappa shape index (κ2) is 18.1. The number of pyridine rings is 1. The first-order valence-electron chi connectivity index (χ1n) is 17.5. The van der Waals surface area contributed by atoms with Gasteiger partial charge in [0.1, 0.15) is 11.2 Å². The molecule has 0 atom stereocenters. The van der Waals surface area contributed by atoms with Crippen LogP contribution in [0.3, 0.4) is 0 Å². The zero-order valence-corrected chi connectivity index (χ0v) is 33.8. The van der Waals surface area contributed by atoms with Crippen LogP contribution in [0.2, 0.25) is 0 Å². The second-order valence-corrected chi connectivity index (χ2v) is 15.0. The largest absolute Gasteiger partial charge is 0.512 e. The van der Waals surface area contributed by atoms with Crippen LogP contribution in [0.1, 0.15) is 99.1 Å². The van der Waals surface area contributed by atoms with Gasteiger partial charge in [0.2, 0.25) is 0 Å². The fourth-order valence-electron chi connectivity index (χ4n) is 6.14. The molecule has 5 aromatic rings. The van der Waals surface area contributed by atoms with E-state index < -0.39 is 0 Å². The number of aliphatic hydroxyl groups is 1. The third-order valence-corrected chi connectivity index (χ3v) is 9.99. The fraction of sp³-hybridized carbons (Fsp3) is 0.429. The van der Waals surface area contributed by atoms with Crippen molar-refractivity contribution in [2.75, 3.05) is 0 Å². The van der Waals surface area contributed by atoms with Crippen molar-refractivity contribution in [3.05, 3.63) is 89.4 Å². The van der Waals surface area contributed by atoms with Crippen LogP contribution in [0.5, 0.6) is 0 Å². The summed E-state index contributed by atoms with van der Waals surface area (Å²) in [6.07, 6.45) is 9.54. The maximum Gasteiger partial charge on any atom is 0.162 e. The van der Waals surface area contributed by atoms with Gasteiger partial charge in [0.25, 0.3) is 0 Å².